The van der Waals surface area contributed by atoms with Crippen molar-refractivity contribution in [2.45, 2.75) is 44.0 Å². The van der Waals surface area contributed by atoms with Crippen LogP contribution in [0.2, 0.25) is 0 Å². The van der Waals surface area contributed by atoms with E-state index in [1.807, 2.05) is 0 Å². The molecule has 0 unspecified atom stereocenters. The molecule has 1 aliphatic heterocycles. The number of ether oxygens (including phenoxy) is 2. The van der Waals surface area contributed by atoms with Gasteiger partial charge in [-0.3, -0.25) is 4.79 Å². The van der Waals surface area contributed by atoms with E-state index < -0.39 is 39.9 Å². The second-order valence-corrected chi connectivity index (χ2v) is 10.1. The van der Waals surface area contributed by atoms with Crippen LogP contribution < -0.4 is 5.32 Å². The van der Waals surface area contributed by atoms with Crippen molar-refractivity contribution in [1.82, 2.24) is 9.62 Å². The summed E-state index contributed by atoms with van der Waals surface area (Å²) in [5, 5.41) is 2.87. The van der Waals surface area contributed by atoms with Crippen LogP contribution in [0.4, 0.5) is 4.39 Å². The molecule has 1 heterocycles. The Morgan fingerprint density at radius 1 is 1.23 bits per heavy atom. The van der Waals surface area contributed by atoms with Crippen LogP contribution in [0.1, 0.15) is 43.5 Å². The number of amides is 1. The monoisotopic (exact) mass is 456 g/mol. The van der Waals surface area contributed by atoms with Crippen LogP contribution >= 0.6 is 0 Å². The average molecular weight is 457 g/mol. The van der Waals surface area contributed by atoms with E-state index in [1.165, 1.54) is 4.31 Å². The molecule has 0 radical (unpaired) electrons. The predicted octanol–water partition coefficient (Wildman–Crippen LogP) is 1.94. The second kappa shape index (κ2) is 10.1. The Bertz CT molecular complexity index is 916. The Labute approximate surface area is 182 Å². The number of nitrogens with zero attached hydrogens (tertiary/aromatic N) is 1. The highest BCUT2D eigenvalue weighted by atomic mass is 32.2. The second-order valence-electron chi connectivity index (χ2n) is 8.18. The van der Waals surface area contributed by atoms with Crippen LogP contribution in [0.5, 0.6) is 0 Å². The first-order valence-electron chi connectivity index (χ1n) is 10.5. The van der Waals surface area contributed by atoms with Crippen LogP contribution in [0, 0.1) is 17.7 Å². The third-order valence-electron chi connectivity index (χ3n) is 6.15. The minimum atomic E-state index is -3.90. The summed E-state index contributed by atoms with van der Waals surface area (Å²) in [6, 6.07) is 2.98. The van der Waals surface area contributed by atoms with Gasteiger partial charge >= 0.3 is 5.97 Å². The summed E-state index contributed by atoms with van der Waals surface area (Å²) >= 11 is 0. The molecule has 10 heteroatoms. The number of esters is 1. The van der Waals surface area contributed by atoms with Gasteiger partial charge in [0.15, 0.2) is 6.61 Å². The molecule has 1 aliphatic carbocycles. The van der Waals surface area contributed by atoms with Crippen molar-refractivity contribution < 1.29 is 31.9 Å². The Hall–Kier alpha value is -2.04. The number of hydrogen-bond acceptors (Lipinski definition) is 6. The SMILES string of the molecule is C[C@H]1[C@H](C)CCC[C@@H]1NC(=O)COC(=O)c1cc(S(=O)(=O)N2CCOCC2)ccc1F. The highest BCUT2D eigenvalue weighted by Crippen LogP contribution is 2.29. The number of carbonyl (C=O) groups excluding carboxylic acids is 2. The van der Waals surface area contributed by atoms with Gasteiger partial charge in [-0.15, -0.1) is 0 Å². The van der Waals surface area contributed by atoms with Crippen LogP contribution in [0.15, 0.2) is 23.1 Å². The zero-order valence-corrected chi connectivity index (χ0v) is 18.6. The fraction of sp³-hybridized carbons (Fsp3) is 0.619. The molecule has 2 fully saturated rings. The molecule has 31 heavy (non-hydrogen) atoms. The quantitative estimate of drug-likeness (QED) is 0.657. The van der Waals surface area contributed by atoms with E-state index in [2.05, 4.69) is 19.2 Å². The zero-order valence-electron chi connectivity index (χ0n) is 17.8. The van der Waals surface area contributed by atoms with Gasteiger partial charge in [-0.2, -0.15) is 4.31 Å². The van der Waals surface area contributed by atoms with Gasteiger partial charge in [-0.25, -0.2) is 17.6 Å². The van der Waals surface area contributed by atoms with E-state index in [4.69, 9.17) is 9.47 Å². The fourth-order valence-corrected chi connectivity index (χ4v) is 5.44. The highest BCUT2D eigenvalue weighted by Gasteiger charge is 2.30. The van der Waals surface area contributed by atoms with E-state index in [9.17, 15) is 22.4 Å². The fourth-order valence-electron chi connectivity index (χ4n) is 4.00. The van der Waals surface area contributed by atoms with Gasteiger partial charge in [0.2, 0.25) is 10.0 Å². The van der Waals surface area contributed by atoms with Crippen molar-refractivity contribution in [2.24, 2.45) is 11.8 Å². The molecule has 2 aliphatic rings. The minimum Gasteiger partial charge on any atom is -0.452 e. The van der Waals surface area contributed by atoms with E-state index in [0.717, 1.165) is 37.5 Å². The summed E-state index contributed by atoms with van der Waals surface area (Å²) in [5.41, 5.74) is -0.526. The third kappa shape index (κ3) is 5.61. The molecule has 8 nitrogen and oxygen atoms in total. The van der Waals surface area contributed by atoms with Crippen LogP contribution in [0.25, 0.3) is 0 Å². The van der Waals surface area contributed by atoms with Crippen LogP contribution in [-0.2, 0) is 24.3 Å². The third-order valence-corrected chi connectivity index (χ3v) is 8.05. The molecule has 0 bridgehead atoms. The summed E-state index contributed by atoms with van der Waals surface area (Å²) in [4.78, 5) is 24.4. The molecule has 0 aromatic heterocycles. The van der Waals surface area contributed by atoms with Gasteiger partial charge in [-0.05, 0) is 36.5 Å². The van der Waals surface area contributed by atoms with Crippen molar-refractivity contribution in [3.8, 4) is 0 Å². The van der Waals surface area contributed by atoms with Gasteiger partial charge in [0.1, 0.15) is 5.82 Å². The Kier molecular flexibility index (Phi) is 7.66. The maximum atomic E-state index is 14.2. The Morgan fingerprint density at radius 2 is 1.94 bits per heavy atom. The molecule has 1 saturated carbocycles. The first-order valence-corrected chi connectivity index (χ1v) is 12.0. The number of halogens is 1. The maximum Gasteiger partial charge on any atom is 0.341 e. The molecule has 3 atom stereocenters. The van der Waals surface area contributed by atoms with E-state index in [-0.39, 0.29) is 37.2 Å². The van der Waals surface area contributed by atoms with Crippen molar-refractivity contribution >= 4 is 21.9 Å². The van der Waals surface area contributed by atoms with Crippen molar-refractivity contribution in [3.63, 3.8) is 0 Å². The first kappa shape index (κ1) is 23.6. The highest BCUT2D eigenvalue weighted by molar-refractivity contribution is 7.89. The number of rotatable bonds is 6. The number of nitrogens with one attached hydrogen (secondary N) is 1. The van der Waals surface area contributed by atoms with Crippen molar-refractivity contribution in [2.75, 3.05) is 32.9 Å². The lowest BCUT2D eigenvalue weighted by atomic mass is 9.78. The summed E-state index contributed by atoms with van der Waals surface area (Å²) in [6.07, 6.45) is 3.00. The molecule has 1 N–H and O–H groups in total. The molecule has 0 spiro atoms. The van der Waals surface area contributed by atoms with Gasteiger partial charge in [-0.1, -0.05) is 26.7 Å². The van der Waals surface area contributed by atoms with Crippen LogP contribution in [-0.4, -0.2) is 63.6 Å². The molecular weight excluding hydrogens is 427 g/mol. The molecule has 1 saturated heterocycles. The lowest BCUT2D eigenvalue weighted by Gasteiger charge is -2.34. The molecule has 3 rings (SSSR count). The van der Waals surface area contributed by atoms with Crippen molar-refractivity contribution in [1.29, 1.82) is 0 Å². The van der Waals surface area contributed by atoms with Crippen LogP contribution in [0.3, 0.4) is 0 Å². The molecular formula is C21H29FN2O6S. The number of benzene rings is 1. The van der Waals surface area contributed by atoms with Gasteiger partial charge in [0, 0.05) is 19.1 Å². The number of sulfonamides is 1. The standard InChI is InChI=1S/C21H29FN2O6S/c1-14-4-3-5-19(15(14)2)23-20(25)13-30-21(26)17-12-16(6-7-18(17)22)31(27,28)24-8-10-29-11-9-24/h6-7,12,14-15,19H,3-5,8-11,13H2,1-2H3,(H,23,25)/t14-,15+,19+/m1/s1. The maximum absolute atomic E-state index is 14.2. The predicted molar refractivity (Wildman–Crippen MR) is 110 cm³/mol. The summed E-state index contributed by atoms with van der Waals surface area (Å²) in [6.45, 7) is 4.55. The lowest BCUT2D eigenvalue weighted by molar-refractivity contribution is -0.125. The molecule has 1 aromatic rings. The minimum absolute atomic E-state index is 0.00804. The van der Waals surface area contributed by atoms with E-state index >= 15 is 0 Å². The van der Waals surface area contributed by atoms with E-state index in [0.29, 0.717) is 11.8 Å². The normalized spacial score (nSPS) is 25.1. The van der Waals surface area contributed by atoms with E-state index in [1.54, 1.807) is 0 Å². The average Bonchev–Trinajstić information content (AvgIpc) is 2.76. The van der Waals surface area contributed by atoms with Gasteiger partial charge < -0.3 is 14.8 Å². The van der Waals surface area contributed by atoms with Crippen molar-refractivity contribution in [3.05, 3.63) is 29.6 Å². The topological polar surface area (TPSA) is 102 Å². The van der Waals surface area contributed by atoms with Gasteiger partial charge in [0.05, 0.1) is 23.7 Å². The number of hydrogen-bond donors (Lipinski definition) is 1. The summed E-state index contributed by atoms with van der Waals surface area (Å²) in [5.74, 6) is -1.66. The summed E-state index contributed by atoms with van der Waals surface area (Å²) < 4.78 is 51.1. The molecule has 1 amide bonds. The number of carbonyl (C=O) groups is 2. The lowest BCUT2D eigenvalue weighted by Crippen LogP contribution is -2.45. The smallest absolute Gasteiger partial charge is 0.341 e. The first-order chi connectivity index (χ1) is 14.7. The molecule has 172 valence electrons. The largest absolute Gasteiger partial charge is 0.452 e. The Morgan fingerprint density at radius 3 is 2.65 bits per heavy atom. The zero-order chi connectivity index (χ0) is 22.6. The summed E-state index contributed by atoms with van der Waals surface area (Å²) in [7, 11) is -3.90. The molecule has 1 aromatic carbocycles. The Balaban J connectivity index is 1.63. The van der Waals surface area contributed by atoms with Gasteiger partial charge in [0.25, 0.3) is 5.91 Å². The number of morpholine rings is 1.